The largest absolute Gasteiger partial charge is 0.243 e. The van der Waals surface area contributed by atoms with Gasteiger partial charge in [-0.05, 0) is 21.4 Å². The lowest BCUT2D eigenvalue weighted by molar-refractivity contribution is 0.309. The van der Waals surface area contributed by atoms with E-state index in [4.69, 9.17) is 4.63 Å². The fraction of sp³-hybridized carbons (Fsp3) is 0. The molecule has 0 fully saturated rings. The molecule has 0 bridgehead atoms. The van der Waals surface area contributed by atoms with Crippen LogP contribution in [0.5, 0.6) is 0 Å². The van der Waals surface area contributed by atoms with Crippen LogP contribution in [0.2, 0.25) is 0 Å². The molecular formula is C16H12N4O. The van der Waals surface area contributed by atoms with Gasteiger partial charge in [-0.2, -0.15) is 0 Å². The Morgan fingerprint density at radius 2 is 1.10 bits per heavy atom. The number of aromatic nitrogens is 2. The molecule has 0 saturated carbocycles. The molecule has 21 heavy (non-hydrogen) atoms. The van der Waals surface area contributed by atoms with Crippen molar-refractivity contribution in [3.8, 4) is 0 Å². The van der Waals surface area contributed by atoms with E-state index < -0.39 is 0 Å². The van der Waals surface area contributed by atoms with Gasteiger partial charge in [0.15, 0.2) is 0 Å². The average Bonchev–Trinajstić information content (AvgIpc) is 3.00. The van der Waals surface area contributed by atoms with E-state index in [-0.39, 0.29) is 0 Å². The lowest BCUT2D eigenvalue weighted by atomic mass is 10.2. The van der Waals surface area contributed by atoms with Crippen LogP contribution < -0.4 is 0 Å². The van der Waals surface area contributed by atoms with E-state index in [1.54, 1.807) is 12.4 Å². The SMILES string of the molecule is C(=Nc1nonc1N=Cc1ccccc1)c1ccccc1. The van der Waals surface area contributed by atoms with Gasteiger partial charge in [0.05, 0.1) is 0 Å². The van der Waals surface area contributed by atoms with E-state index in [1.165, 1.54) is 0 Å². The van der Waals surface area contributed by atoms with Crippen molar-refractivity contribution in [2.75, 3.05) is 0 Å². The number of hydrogen-bond acceptors (Lipinski definition) is 5. The van der Waals surface area contributed by atoms with Crippen molar-refractivity contribution >= 4 is 24.1 Å². The molecule has 5 heteroatoms. The van der Waals surface area contributed by atoms with Gasteiger partial charge < -0.3 is 0 Å². The zero-order valence-electron chi connectivity index (χ0n) is 11.1. The molecule has 3 rings (SSSR count). The van der Waals surface area contributed by atoms with Crippen LogP contribution in [0.4, 0.5) is 11.6 Å². The third-order valence-electron chi connectivity index (χ3n) is 2.73. The van der Waals surface area contributed by atoms with Crippen LogP contribution in [-0.2, 0) is 0 Å². The van der Waals surface area contributed by atoms with Crippen molar-refractivity contribution in [1.29, 1.82) is 0 Å². The summed E-state index contributed by atoms with van der Waals surface area (Å²) in [6, 6.07) is 19.5. The summed E-state index contributed by atoms with van der Waals surface area (Å²) in [6.07, 6.45) is 3.39. The summed E-state index contributed by atoms with van der Waals surface area (Å²) >= 11 is 0. The fourth-order valence-electron chi connectivity index (χ4n) is 1.69. The quantitative estimate of drug-likeness (QED) is 0.684. The van der Waals surface area contributed by atoms with Crippen LogP contribution in [0.15, 0.2) is 75.3 Å². The number of nitrogens with zero attached hydrogens (tertiary/aromatic N) is 4. The van der Waals surface area contributed by atoms with Crippen LogP contribution in [0.25, 0.3) is 0 Å². The molecule has 0 spiro atoms. The Kier molecular flexibility index (Phi) is 3.93. The van der Waals surface area contributed by atoms with Gasteiger partial charge in [0.1, 0.15) is 0 Å². The lowest BCUT2D eigenvalue weighted by Crippen LogP contribution is -1.79. The molecule has 0 radical (unpaired) electrons. The molecule has 3 aromatic rings. The number of aliphatic imine (C=N–C) groups is 2. The molecule has 0 aliphatic rings. The second-order valence-corrected chi connectivity index (χ2v) is 4.25. The smallest absolute Gasteiger partial charge is 0.240 e. The van der Waals surface area contributed by atoms with Gasteiger partial charge in [-0.1, -0.05) is 60.7 Å². The lowest BCUT2D eigenvalue weighted by Gasteiger charge is -1.91. The molecule has 5 nitrogen and oxygen atoms in total. The summed E-state index contributed by atoms with van der Waals surface area (Å²) in [5.41, 5.74) is 1.94. The molecule has 1 aromatic heterocycles. The fourth-order valence-corrected chi connectivity index (χ4v) is 1.69. The molecule has 0 aliphatic heterocycles. The highest BCUT2D eigenvalue weighted by Gasteiger charge is 2.05. The van der Waals surface area contributed by atoms with Crippen LogP contribution in [0, 0.1) is 0 Å². The normalized spacial score (nSPS) is 11.4. The summed E-state index contributed by atoms with van der Waals surface area (Å²) in [4.78, 5) is 8.49. The molecule has 0 saturated heterocycles. The van der Waals surface area contributed by atoms with Crippen molar-refractivity contribution < 1.29 is 4.63 Å². The van der Waals surface area contributed by atoms with E-state index >= 15 is 0 Å². The highest BCUT2D eigenvalue weighted by atomic mass is 16.6. The minimum Gasteiger partial charge on any atom is -0.240 e. The molecule has 0 aliphatic carbocycles. The van der Waals surface area contributed by atoms with Crippen molar-refractivity contribution in [1.82, 2.24) is 10.3 Å². The number of benzene rings is 2. The van der Waals surface area contributed by atoms with Crippen LogP contribution in [-0.4, -0.2) is 22.7 Å². The second-order valence-electron chi connectivity index (χ2n) is 4.25. The van der Waals surface area contributed by atoms with Gasteiger partial charge in [-0.25, -0.2) is 14.6 Å². The first-order chi connectivity index (χ1) is 10.4. The minimum atomic E-state index is 0.353. The van der Waals surface area contributed by atoms with Gasteiger partial charge >= 0.3 is 0 Å². The molecular weight excluding hydrogens is 264 g/mol. The highest BCUT2D eigenvalue weighted by molar-refractivity contribution is 5.84. The Balaban J connectivity index is 1.78. The van der Waals surface area contributed by atoms with E-state index in [1.807, 2.05) is 60.7 Å². The summed E-state index contributed by atoms with van der Waals surface area (Å²) in [7, 11) is 0. The summed E-state index contributed by atoms with van der Waals surface area (Å²) in [5.74, 6) is 0.706. The van der Waals surface area contributed by atoms with Crippen molar-refractivity contribution in [2.24, 2.45) is 9.98 Å². The van der Waals surface area contributed by atoms with Crippen molar-refractivity contribution in [2.45, 2.75) is 0 Å². The van der Waals surface area contributed by atoms with Crippen LogP contribution in [0.3, 0.4) is 0 Å². The first kappa shape index (κ1) is 12.9. The topological polar surface area (TPSA) is 63.6 Å². The zero-order chi connectivity index (χ0) is 14.3. The molecule has 2 aromatic carbocycles. The number of rotatable bonds is 4. The Morgan fingerprint density at radius 1 is 0.667 bits per heavy atom. The molecule has 0 N–H and O–H groups in total. The van der Waals surface area contributed by atoms with Gasteiger partial charge in [0, 0.05) is 12.4 Å². The van der Waals surface area contributed by atoms with Gasteiger partial charge in [0.2, 0.25) is 11.6 Å². The maximum atomic E-state index is 4.69. The van der Waals surface area contributed by atoms with Gasteiger partial charge in [0.25, 0.3) is 0 Å². The molecule has 0 amide bonds. The van der Waals surface area contributed by atoms with E-state index in [9.17, 15) is 0 Å². The maximum absolute atomic E-state index is 4.69. The van der Waals surface area contributed by atoms with Gasteiger partial charge in [-0.15, -0.1) is 0 Å². The first-order valence-corrected chi connectivity index (χ1v) is 6.42. The standard InChI is InChI=1S/C16H12N4O/c1-3-7-13(8-4-1)11-17-15-16(20-21-19-15)18-12-14-9-5-2-6-10-14/h1-12H. The van der Waals surface area contributed by atoms with Crippen molar-refractivity contribution in [3.63, 3.8) is 0 Å². The third kappa shape index (κ3) is 3.48. The Bertz CT molecular complexity index is 684. The predicted octanol–water partition coefficient (Wildman–Crippen LogP) is 3.57. The monoisotopic (exact) mass is 276 g/mol. The van der Waals surface area contributed by atoms with Crippen LogP contribution >= 0.6 is 0 Å². The zero-order valence-corrected chi connectivity index (χ0v) is 11.1. The molecule has 1 heterocycles. The molecule has 0 atom stereocenters. The Hall–Kier alpha value is -3.08. The minimum absolute atomic E-state index is 0.353. The number of hydrogen-bond donors (Lipinski definition) is 0. The van der Waals surface area contributed by atoms with Crippen LogP contribution in [0.1, 0.15) is 11.1 Å². The maximum Gasteiger partial charge on any atom is 0.243 e. The molecule has 102 valence electrons. The summed E-state index contributed by atoms with van der Waals surface area (Å²) < 4.78 is 4.69. The Labute approximate surface area is 121 Å². The molecule has 0 unspecified atom stereocenters. The Morgan fingerprint density at radius 3 is 1.52 bits per heavy atom. The highest BCUT2D eigenvalue weighted by Crippen LogP contribution is 2.22. The first-order valence-electron chi connectivity index (χ1n) is 6.42. The van der Waals surface area contributed by atoms with Gasteiger partial charge in [-0.3, -0.25) is 0 Å². The average molecular weight is 276 g/mol. The predicted molar refractivity (Wildman–Crippen MR) is 81.7 cm³/mol. The van der Waals surface area contributed by atoms with Crippen molar-refractivity contribution in [3.05, 3.63) is 71.8 Å². The van der Waals surface area contributed by atoms with E-state index in [0.717, 1.165) is 11.1 Å². The van der Waals surface area contributed by atoms with E-state index in [2.05, 4.69) is 20.3 Å². The van der Waals surface area contributed by atoms with E-state index in [0.29, 0.717) is 11.6 Å². The second kappa shape index (κ2) is 6.38. The third-order valence-corrected chi connectivity index (χ3v) is 2.73. The summed E-state index contributed by atoms with van der Waals surface area (Å²) in [6.45, 7) is 0. The summed E-state index contributed by atoms with van der Waals surface area (Å²) in [5, 5.41) is 7.49.